The van der Waals surface area contributed by atoms with E-state index in [0.29, 0.717) is 23.4 Å². The van der Waals surface area contributed by atoms with E-state index < -0.39 is 5.91 Å². The molecule has 2 atom stereocenters. The Morgan fingerprint density at radius 3 is 2.65 bits per heavy atom. The van der Waals surface area contributed by atoms with Gasteiger partial charge in [0.15, 0.2) is 0 Å². The third-order valence-electron chi connectivity index (χ3n) is 5.65. The van der Waals surface area contributed by atoms with Crippen LogP contribution in [0.5, 0.6) is 5.75 Å². The summed E-state index contributed by atoms with van der Waals surface area (Å²) in [6.45, 7) is 4.15. The van der Waals surface area contributed by atoms with E-state index >= 15 is 0 Å². The van der Waals surface area contributed by atoms with Crippen LogP contribution in [0.4, 0.5) is 0 Å². The lowest BCUT2D eigenvalue weighted by Gasteiger charge is -2.32. The second-order valence-electron chi connectivity index (χ2n) is 7.35. The number of fused-ring (bicyclic) bond motifs is 3. The molecule has 3 aliphatic heterocycles. The number of nitrogens with two attached hydrogens (primary N) is 1. The van der Waals surface area contributed by atoms with Gasteiger partial charge in [0.1, 0.15) is 11.5 Å². The number of ether oxygens (including phenoxy) is 1. The molecule has 0 aromatic heterocycles. The van der Waals surface area contributed by atoms with E-state index in [4.69, 9.17) is 10.5 Å². The lowest BCUT2D eigenvalue weighted by Crippen LogP contribution is -2.35. The van der Waals surface area contributed by atoms with Crippen molar-refractivity contribution in [1.82, 2.24) is 5.32 Å². The minimum atomic E-state index is -0.448. The molecule has 1 aromatic rings. The highest BCUT2D eigenvalue weighted by atomic mass is 16.5. The number of hydrogen-bond acceptors (Lipinski definition) is 3. The maximum absolute atomic E-state index is 12.0. The van der Waals surface area contributed by atoms with Crippen LogP contribution in [0.1, 0.15) is 61.9 Å². The van der Waals surface area contributed by atoms with Crippen LogP contribution in [-0.2, 0) is 0 Å². The number of benzene rings is 1. The molecule has 0 aliphatic carbocycles. The minimum Gasteiger partial charge on any atom is -0.456 e. The van der Waals surface area contributed by atoms with Gasteiger partial charge < -0.3 is 15.8 Å². The van der Waals surface area contributed by atoms with E-state index in [9.17, 15) is 4.79 Å². The normalized spacial score (nSPS) is 27.6. The fourth-order valence-electron chi connectivity index (χ4n) is 4.58. The lowest BCUT2D eigenvalue weighted by molar-refractivity contribution is 0.0997. The summed E-state index contributed by atoms with van der Waals surface area (Å²) in [4.78, 5) is 12.0. The monoisotopic (exact) mass is 350 g/mol. The second-order valence-corrected chi connectivity index (χ2v) is 7.35. The summed E-state index contributed by atoms with van der Waals surface area (Å²) in [5, 5.41) is 3.71. The molecule has 0 radical (unpaired) electrons. The molecule has 2 fully saturated rings. The van der Waals surface area contributed by atoms with Crippen molar-refractivity contribution in [2.45, 2.75) is 58.0 Å². The van der Waals surface area contributed by atoms with Crippen molar-refractivity contribution < 1.29 is 9.53 Å². The number of primary amides is 1. The molecule has 4 rings (SSSR count). The fourth-order valence-corrected chi connectivity index (χ4v) is 4.58. The Morgan fingerprint density at radius 1 is 1.31 bits per heavy atom. The van der Waals surface area contributed by atoms with Crippen molar-refractivity contribution in [3.8, 4) is 5.75 Å². The maximum atomic E-state index is 12.0. The van der Waals surface area contributed by atoms with Gasteiger partial charge in [0.25, 0.3) is 5.91 Å². The number of hydrogen-bond donors (Lipinski definition) is 2. The molecule has 2 unspecified atom stereocenters. The van der Waals surface area contributed by atoms with Gasteiger partial charge in [-0.1, -0.05) is 30.7 Å². The Balaban J connectivity index is 1.95. The molecule has 3 N–H and O–H groups in total. The van der Waals surface area contributed by atoms with Crippen LogP contribution in [0.2, 0.25) is 0 Å². The SMILES string of the molecule is C/C=C1/C(=C2CC3CCC(C2)N3)c2cccc(C(N)=O)c2O/C1=C/CC. The minimum absolute atomic E-state index is 0.448. The Morgan fingerprint density at radius 2 is 2.04 bits per heavy atom. The van der Waals surface area contributed by atoms with Gasteiger partial charge in [-0.2, -0.15) is 0 Å². The molecule has 4 heteroatoms. The third-order valence-corrected chi connectivity index (χ3v) is 5.65. The summed E-state index contributed by atoms with van der Waals surface area (Å²) >= 11 is 0. The van der Waals surface area contributed by atoms with Crippen LogP contribution in [-0.4, -0.2) is 18.0 Å². The van der Waals surface area contributed by atoms with Gasteiger partial charge in [-0.3, -0.25) is 4.79 Å². The molecule has 136 valence electrons. The lowest BCUT2D eigenvalue weighted by atomic mass is 9.83. The van der Waals surface area contributed by atoms with Crippen LogP contribution < -0.4 is 15.8 Å². The third kappa shape index (κ3) is 2.78. The first-order valence-electron chi connectivity index (χ1n) is 9.58. The molecule has 1 aromatic carbocycles. The molecule has 2 saturated heterocycles. The maximum Gasteiger partial charge on any atom is 0.252 e. The Hall–Kier alpha value is -2.33. The van der Waals surface area contributed by atoms with E-state index in [1.165, 1.54) is 24.0 Å². The molecule has 4 nitrogen and oxygen atoms in total. The molecular weight excluding hydrogens is 324 g/mol. The highest BCUT2D eigenvalue weighted by Crippen LogP contribution is 2.47. The molecular formula is C22H26N2O2. The van der Waals surface area contributed by atoms with Gasteiger partial charge in [-0.15, -0.1) is 0 Å². The zero-order chi connectivity index (χ0) is 18.3. The van der Waals surface area contributed by atoms with Gasteiger partial charge in [-0.25, -0.2) is 0 Å². The van der Waals surface area contributed by atoms with Crippen molar-refractivity contribution in [2.24, 2.45) is 5.73 Å². The van der Waals surface area contributed by atoms with Gasteiger partial charge in [0, 0.05) is 23.2 Å². The first-order chi connectivity index (χ1) is 12.6. The first kappa shape index (κ1) is 17.1. The van der Waals surface area contributed by atoms with E-state index in [0.717, 1.165) is 36.2 Å². The highest BCUT2D eigenvalue weighted by Gasteiger charge is 2.35. The van der Waals surface area contributed by atoms with Gasteiger partial charge in [0.05, 0.1) is 5.56 Å². The fraction of sp³-hybridized carbons (Fsp3) is 0.409. The molecule has 0 saturated carbocycles. The summed E-state index contributed by atoms with van der Waals surface area (Å²) in [5.41, 5.74) is 10.9. The van der Waals surface area contributed by atoms with E-state index in [1.807, 2.05) is 6.07 Å². The van der Waals surface area contributed by atoms with Crippen molar-refractivity contribution in [3.63, 3.8) is 0 Å². The largest absolute Gasteiger partial charge is 0.456 e. The average molecular weight is 350 g/mol. The van der Waals surface area contributed by atoms with Gasteiger partial charge >= 0.3 is 0 Å². The average Bonchev–Trinajstić information content (AvgIpc) is 2.98. The number of carbonyl (C=O) groups is 1. The van der Waals surface area contributed by atoms with Gasteiger partial charge in [-0.05, 0) is 56.7 Å². The Bertz CT molecular complexity index is 834. The van der Waals surface area contributed by atoms with Crippen LogP contribution in [0.15, 0.2) is 47.3 Å². The summed E-state index contributed by atoms with van der Waals surface area (Å²) in [5.74, 6) is 1.000. The van der Waals surface area contributed by atoms with Crippen LogP contribution in [0.25, 0.3) is 5.57 Å². The summed E-state index contributed by atoms with van der Waals surface area (Å²) < 4.78 is 6.20. The van der Waals surface area contributed by atoms with Crippen LogP contribution >= 0.6 is 0 Å². The zero-order valence-electron chi connectivity index (χ0n) is 15.5. The molecule has 3 heterocycles. The van der Waals surface area contributed by atoms with E-state index in [2.05, 4.69) is 37.4 Å². The molecule has 1 amide bonds. The topological polar surface area (TPSA) is 64.3 Å². The van der Waals surface area contributed by atoms with Crippen molar-refractivity contribution in [1.29, 1.82) is 0 Å². The molecule has 3 aliphatic rings. The van der Waals surface area contributed by atoms with Crippen molar-refractivity contribution in [2.75, 3.05) is 0 Å². The zero-order valence-corrected chi connectivity index (χ0v) is 15.5. The summed E-state index contributed by atoms with van der Waals surface area (Å²) in [6.07, 6.45) is 9.70. The molecule has 26 heavy (non-hydrogen) atoms. The van der Waals surface area contributed by atoms with E-state index in [-0.39, 0.29) is 0 Å². The number of para-hydroxylation sites is 1. The van der Waals surface area contributed by atoms with Crippen LogP contribution in [0, 0.1) is 0 Å². The number of amides is 1. The molecule has 0 spiro atoms. The van der Waals surface area contributed by atoms with E-state index in [1.54, 1.807) is 6.07 Å². The summed E-state index contributed by atoms with van der Waals surface area (Å²) in [7, 11) is 0. The molecule has 2 bridgehead atoms. The smallest absolute Gasteiger partial charge is 0.252 e. The number of nitrogens with one attached hydrogen (secondary N) is 1. The number of piperidine rings is 1. The predicted octanol–water partition coefficient (Wildman–Crippen LogP) is 4.09. The predicted molar refractivity (Wildman–Crippen MR) is 104 cm³/mol. The first-order valence-corrected chi connectivity index (χ1v) is 9.58. The standard InChI is InChI=1S/C22H26N2O2/c1-3-6-19-16(4-2)20(13-11-14-9-10-15(12-13)24-14)17-7-5-8-18(22(23)25)21(17)26-19/h4-8,14-15,24H,3,9-12H2,1-2H3,(H2,23,25)/b16-4+,19-6+,20-13?. The number of rotatable bonds is 2. The number of allylic oxidation sites excluding steroid dienone is 3. The summed E-state index contributed by atoms with van der Waals surface area (Å²) in [6, 6.07) is 6.84. The Kier molecular flexibility index (Phi) is 4.45. The second kappa shape index (κ2) is 6.76. The highest BCUT2D eigenvalue weighted by molar-refractivity contribution is 6.00. The Labute approximate surface area is 154 Å². The van der Waals surface area contributed by atoms with Crippen molar-refractivity contribution in [3.05, 3.63) is 58.4 Å². The van der Waals surface area contributed by atoms with Crippen molar-refractivity contribution >= 4 is 11.5 Å². The van der Waals surface area contributed by atoms with Crippen LogP contribution in [0.3, 0.4) is 0 Å². The number of carbonyl (C=O) groups excluding carboxylic acids is 1. The quantitative estimate of drug-likeness (QED) is 0.844. The van der Waals surface area contributed by atoms with Gasteiger partial charge in [0.2, 0.25) is 0 Å².